The Hall–Kier alpha value is -3.40. The first kappa shape index (κ1) is 25.3. The number of nitrogens with one attached hydrogen (secondary N) is 1. The number of hydrogen-bond acceptors (Lipinski definition) is 7. The fourth-order valence-electron chi connectivity index (χ4n) is 4.76. The van der Waals surface area contributed by atoms with Crippen LogP contribution in [0, 0.1) is 0 Å². The van der Waals surface area contributed by atoms with E-state index in [-0.39, 0.29) is 17.2 Å². The minimum absolute atomic E-state index is 0.0785. The molecule has 0 bridgehead atoms. The molecule has 196 valence electrons. The minimum atomic E-state index is -0.331. The standard InChI is InChI=1S/C28H35N5O4/c1-31-12-14-32(15-13-31)16-17-36-18-19-37-22-8-6-21(7-9-22)20-29-28(35)26-25(34)10-11-33-24-5-3-2-4-23(24)30-27(26)33/h2-9,34H,10-20H2,1H3,(H,29,35). The van der Waals surface area contributed by atoms with Gasteiger partial charge in [0.1, 0.15) is 29.5 Å². The van der Waals surface area contributed by atoms with Gasteiger partial charge in [-0.05, 0) is 36.9 Å². The van der Waals surface area contributed by atoms with E-state index in [0.29, 0.717) is 45.2 Å². The number of benzene rings is 2. The van der Waals surface area contributed by atoms with E-state index < -0.39 is 0 Å². The van der Waals surface area contributed by atoms with Crippen molar-refractivity contribution in [3.63, 3.8) is 0 Å². The second-order valence-corrected chi connectivity index (χ2v) is 9.58. The minimum Gasteiger partial charge on any atom is -0.511 e. The number of amides is 1. The van der Waals surface area contributed by atoms with Crippen LogP contribution >= 0.6 is 0 Å². The maximum absolute atomic E-state index is 13.0. The third-order valence-electron chi connectivity index (χ3n) is 6.99. The molecule has 1 fully saturated rings. The molecule has 0 aliphatic carbocycles. The van der Waals surface area contributed by atoms with Gasteiger partial charge in [-0.2, -0.15) is 0 Å². The van der Waals surface area contributed by atoms with Crippen LogP contribution in [0.4, 0.5) is 0 Å². The molecule has 5 rings (SSSR count). The van der Waals surface area contributed by atoms with Crippen molar-refractivity contribution in [3.05, 3.63) is 65.7 Å². The van der Waals surface area contributed by atoms with Crippen molar-refractivity contribution in [2.24, 2.45) is 0 Å². The summed E-state index contributed by atoms with van der Waals surface area (Å²) in [7, 11) is 2.16. The van der Waals surface area contributed by atoms with Crippen LogP contribution in [-0.2, 0) is 22.6 Å². The van der Waals surface area contributed by atoms with Crippen LogP contribution in [0.2, 0.25) is 0 Å². The highest BCUT2D eigenvalue weighted by Gasteiger charge is 2.27. The molecule has 2 aliphatic rings. The number of nitrogens with zero attached hydrogens (tertiary/aromatic N) is 4. The lowest BCUT2D eigenvalue weighted by Crippen LogP contribution is -2.45. The molecule has 0 radical (unpaired) electrons. The Kier molecular flexibility index (Phi) is 8.03. The lowest BCUT2D eigenvalue weighted by Gasteiger charge is -2.32. The molecule has 1 amide bonds. The van der Waals surface area contributed by atoms with Gasteiger partial charge in [0.25, 0.3) is 5.91 Å². The number of para-hydroxylation sites is 2. The Bertz CT molecular complexity index is 1250. The number of hydrogen-bond donors (Lipinski definition) is 2. The Morgan fingerprint density at radius 2 is 1.78 bits per heavy atom. The van der Waals surface area contributed by atoms with Crippen molar-refractivity contribution in [3.8, 4) is 5.75 Å². The number of ether oxygens (including phenoxy) is 2. The van der Waals surface area contributed by atoms with E-state index >= 15 is 0 Å². The molecule has 1 saturated heterocycles. The predicted octanol–water partition coefficient (Wildman–Crippen LogP) is 2.67. The van der Waals surface area contributed by atoms with E-state index in [1.807, 2.05) is 53.1 Å². The Balaban J connectivity index is 1.06. The molecule has 37 heavy (non-hydrogen) atoms. The van der Waals surface area contributed by atoms with Crippen molar-refractivity contribution >= 4 is 22.5 Å². The van der Waals surface area contributed by atoms with Gasteiger partial charge < -0.3 is 29.4 Å². The average molecular weight is 506 g/mol. The molecule has 0 atom stereocenters. The first-order valence-electron chi connectivity index (χ1n) is 12.9. The van der Waals surface area contributed by atoms with E-state index in [9.17, 15) is 9.90 Å². The highest BCUT2D eigenvalue weighted by molar-refractivity contribution is 6.19. The summed E-state index contributed by atoms with van der Waals surface area (Å²) < 4.78 is 13.5. The van der Waals surface area contributed by atoms with Gasteiger partial charge in [0.2, 0.25) is 0 Å². The summed E-state index contributed by atoms with van der Waals surface area (Å²) >= 11 is 0. The van der Waals surface area contributed by atoms with Crippen LogP contribution < -0.4 is 10.1 Å². The summed E-state index contributed by atoms with van der Waals surface area (Å²) in [6.07, 6.45) is 0.404. The molecule has 9 nitrogen and oxygen atoms in total. The Labute approximate surface area is 217 Å². The first-order valence-corrected chi connectivity index (χ1v) is 12.9. The number of carbonyl (C=O) groups is 1. The molecule has 9 heteroatoms. The average Bonchev–Trinajstić information content (AvgIpc) is 3.29. The van der Waals surface area contributed by atoms with Crippen LogP contribution in [0.1, 0.15) is 17.8 Å². The quantitative estimate of drug-likeness (QED) is 0.410. The largest absolute Gasteiger partial charge is 0.511 e. The fourth-order valence-corrected chi connectivity index (χ4v) is 4.76. The lowest BCUT2D eigenvalue weighted by molar-refractivity contribution is -0.116. The van der Waals surface area contributed by atoms with Crippen molar-refractivity contribution in [2.75, 3.05) is 59.6 Å². The maximum Gasteiger partial charge on any atom is 0.258 e. The predicted molar refractivity (Wildman–Crippen MR) is 142 cm³/mol. The van der Waals surface area contributed by atoms with Gasteiger partial charge in [-0.1, -0.05) is 24.3 Å². The van der Waals surface area contributed by atoms with Gasteiger partial charge in [-0.15, -0.1) is 0 Å². The van der Waals surface area contributed by atoms with Gasteiger partial charge in [-0.3, -0.25) is 9.69 Å². The van der Waals surface area contributed by atoms with E-state index in [1.54, 1.807) is 0 Å². The number of aryl methyl sites for hydroxylation is 1. The highest BCUT2D eigenvalue weighted by atomic mass is 16.5. The molecule has 0 saturated carbocycles. The van der Waals surface area contributed by atoms with Gasteiger partial charge in [0.05, 0.1) is 24.2 Å². The highest BCUT2D eigenvalue weighted by Crippen LogP contribution is 2.29. The Morgan fingerprint density at radius 3 is 2.59 bits per heavy atom. The first-order chi connectivity index (χ1) is 18.1. The number of carbonyl (C=O) groups excluding carboxylic acids is 1. The van der Waals surface area contributed by atoms with Crippen molar-refractivity contribution < 1.29 is 19.4 Å². The zero-order chi connectivity index (χ0) is 25.6. The number of aliphatic hydroxyl groups excluding tert-OH is 1. The van der Waals surface area contributed by atoms with E-state index in [0.717, 1.165) is 55.1 Å². The maximum atomic E-state index is 13.0. The van der Waals surface area contributed by atoms with Crippen LogP contribution in [0.15, 0.2) is 54.3 Å². The third kappa shape index (κ3) is 6.12. The third-order valence-corrected chi connectivity index (χ3v) is 6.99. The van der Waals surface area contributed by atoms with Crippen LogP contribution in [0.3, 0.4) is 0 Å². The van der Waals surface area contributed by atoms with Gasteiger partial charge >= 0.3 is 0 Å². The van der Waals surface area contributed by atoms with Crippen molar-refractivity contribution in [1.82, 2.24) is 24.7 Å². The number of rotatable bonds is 10. The van der Waals surface area contributed by atoms with E-state index in [1.165, 1.54) is 0 Å². The zero-order valence-electron chi connectivity index (χ0n) is 21.4. The van der Waals surface area contributed by atoms with E-state index in [4.69, 9.17) is 9.47 Å². The summed E-state index contributed by atoms with van der Waals surface area (Å²) in [5.41, 5.74) is 2.96. The molecule has 2 aromatic carbocycles. The topological polar surface area (TPSA) is 92.1 Å². The normalized spacial score (nSPS) is 16.7. The molecule has 3 heterocycles. The van der Waals surface area contributed by atoms with Gasteiger partial charge in [0, 0.05) is 52.2 Å². The smallest absolute Gasteiger partial charge is 0.258 e. The summed E-state index contributed by atoms with van der Waals surface area (Å²) in [6.45, 7) is 8.09. The number of aliphatic hydroxyl groups is 1. The van der Waals surface area contributed by atoms with E-state index in [2.05, 4.69) is 27.1 Å². The summed E-state index contributed by atoms with van der Waals surface area (Å²) in [5.74, 6) is 1.02. The number of imidazole rings is 1. The number of allylic oxidation sites excluding steroid dienone is 1. The van der Waals surface area contributed by atoms with Crippen LogP contribution in [0.25, 0.3) is 16.6 Å². The molecule has 1 aromatic heterocycles. The monoisotopic (exact) mass is 505 g/mol. The second kappa shape index (κ2) is 11.8. The number of aromatic nitrogens is 2. The van der Waals surface area contributed by atoms with Crippen molar-refractivity contribution in [2.45, 2.75) is 19.5 Å². The van der Waals surface area contributed by atoms with Crippen LogP contribution in [0.5, 0.6) is 5.75 Å². The SMILES string of the molecule is CN1CCN(CCOCCOc2ccc(CNC(=O)C3=C(O)CCn4c3nc3ccccc34)cc2)CC1. The van der Waals surface area contributed by atoms with Crippen molar-refractivity contribution in [1.29, 1.82) is 0 Å². The second-order valence-electron chi connectivity index (χ2n) is 9.58. The molecular formula is C28H35N5O4. The lowest BCUT2D eigenvalue weighted by atomic mass is 10.1. The zero-order valence-corrected chi connectivity index (χ0v) is 21.4. The summed E-state index contributed by atoms with van der Waals surface area (Å²) in [6, 6.07) is 15.4. The fraction of sp³-hybridized carbons (Fsp3) is 0.429. The van der Waals surface area contributed by atoms with Crippen LogP contribution in [-0.4, -0.2) is 90.0 Å². The van der Waals surface area contributed by atoms with Gasteiger partial charge in [0.15, 0.2) is 0 Å². The molecule has 2 aliphatic heterocycles. The summed E-state index contributed by atoms with van der Waals surface area (Å²) in [4.78, 5) is 22.4. The number of likely N-dealkylation sites (N-methyl/N-ethyl adjacent to an activating group) is 1. The number of fused-ring (bicyclic) bond motifs is 3. The molecule has 3 aromatic rings. The number of piperazine rings is 1. The Morgan fingerprint density at radius 1 is 1.00 bits per heavy atom. The summed E-state index contributed by atoms with van der Waals surface area (Å²) in [5, 5.41) is 13.4. The molecule has 0 unspecified atom stereocenters. The molecular weight excluding hydrogens is 470 g/mol. The van der Waals surface area contributed by atoms with Gasteiger partial charge in [-0.25, -0.2) is 4.98 Å². The molecule has 2 N–H and O–H groups in total. The molecule has 0 spiro atoms.